The molecule has 0 heterocycles. The van der Waals surface area contributed by atoms with Crippen molar-refractivity contribution >= 4 is 33.8 Å². The summed E-state index contributed by atoms with van der Waals surface area (Å²) in [6, 6.07) is 1.19. The van der Waals surface area contributed by atoms with Gasteiger partial charge in [-0.2, -0.15) is 0 Å². The Bertz CT molecular complexity index is 224. The van der Waals surface area contributed by atoms with Gasteiger partial charge in [-0.1, -0.05) is 13.3 Å². The van der Waals surface area contributed by atoms with E-state index in [0.717, 1.165) is 0 Å². The third-order valence-electron chi connectivity index (χ3n) is 2.95. The highest BCUT2D eigenvalue weighted by molar-refractivity contribution is 7.36. The molecule has 17 heavy (non-hydrogen) atoms. The zero-order chi connectivity index (χ0) is 13.7. The molecule has 0 bridgehead atoms. The molecule has 0 aliphatic carbocycles. The highest BCUT2D eigenvalue weighted by atomic mass is 29.3. The zero-order valence-electron chi connectivity index (χ0n) is 12.8. The second-order valence-corrected chi connectivity index (χ2v) is 24.2. The predicted octanol–water partition coefficient (Wildman–Crippen LogP) is 3.19. The molecular weight excluding hydrogens is 280 g/mol. The molecule has 0 amide bonds. The Morgan fingerprint density at radius 3 is 1.82 bits per heavy atom. The lowest BCUT2D eigenvalue weighted by Gasteiger charge is -2.40. The van der Waals surface area contributed by atoms with Crippen LogP contribution in [0.3, 0.4) is 0 Å². The fraction of sp³-hybridized carbons (Fsp3) is 1.00. The van der Waals surface area contributed by atoms with Crippen LogP contribution >= 0.6 is 0 Å². The summed E-state index contributed by atoms with van der Waals surface area (Å²) in [6.07, 6.45) is 1.18. The van der Waals surface area contributed by atoms with Crippen molar-refractivity contribution in [3.8, 4) is 0 Å². The van der Waals surface area contributed by atoms with E-state index in [1.54, 1.807) is 0 Å². The SMILES string of the molecule is CCC[Si](C)(O[SiH](C)C)[Si](C)(C)OO[SiH](C)C. The standard InChI is InChI=1S/C10H30O3Si4/c1-9-10-17(8,13-15(4)5)16(6,7)12-11-14(2)3/h14-15H,9-10H2,1-8H3. The van der Waals surface area contributed by atoms with Crippen LogP contribution < -0.4 is 0 Å². The van der Waals surface area contributed by atoms with Gasteiger partial charge >= 0.3 is 0 Å². The molecule has 0 spiro atoms. The quantitative estimate of drug-likeness (QED) is 0.391. The Morgan fingerprint density at radius 2 is 1.47 bits per heavy atom. The van der Waals surface area contributed by atoms with Gasteiger partial charge in [0.2, 0.25) is 16.9 Å². The normalized spacial score (nSPS) is 16.6. The van der Waals surface area contributed by atoms with Crippen LogP contribution in [0.2, 0.25) is 51.9 Å². The molecule has 0 aliphatic heterocycles. The maximum atomic E-state index is 6.43. The van der Waals surface area contributed by atoms with Gasteiger partial charge in [-0.15, -0.1) is 0 Å². The lowest BCUT2D eigenvalue weighted by Crippen LogP contribution is -2.62. The van der Waals surface area contributed by atoms with E-state index in [1.807, 2.05) is 0 Å². The molecule has 1 unspecified atom stereocenters. The van der Waals surface area contributed by atoms with Crippen LogP contribution in [0, 0.1) is 0 Å². The molecule has 0 aromatic rings. The highest BCUT2D eigenvalue weighted by Crippen LogP contribution is 2.28. The average molecular weight is 311 g/mol. The largest absolute Gasteiger partial charge is 0.458 e. The molecule has 0 rings (SSSR count). The molecule has 0 aromatic heterocycles. The van der Waals surface area contributed by atoms with E-state index in [1.165, 1.54) is 12.5 Å². The van der Waals surface area contributed by atoms with Crippen LogP contribution in [-0.2, 0) is 13.3 Å². The molecule has 0 saturated heterocycles. The van der Waals surface area contributed by atoms with Gasteiger partial charge in [-0.05, 0) is 51.9 Å². The number of hydrogen-bond donors (Lipinski definition) is 0. The molecule has 0 aliphatic rings. The molecule has 7 heteroatoms. The molecule has 1 atom stereocenters. The van der Waals surface area contributed by atoms with E-state index < -0.39 is 33.8 Å². The van der Waals surface area contributed by atoms with Gasteiger partial charge in [0, 0.05) is 0 Å². The van der Waals surface area contributed by atoms with Gasteiger partial charge in [0.1, 0.15) is 0 Å². The average Bonchev–Trinajstić information content (AvgIpc) is 2.13. The van der Waals surface area contributed by atoms with Crippen molar-refractivity contribution in [1.29, 1.82) is 0 Å². The molecule has 0 saturated carbocycles. The third kappa shape index (κ3) is 5.95. The van der Waals surface area contributed by atoms with E-state index in [4.69, 9.17) is 13.3 Å². The highest BCUT2D eigenvalue weighted by Gasteiger charge is 2.50. The van der Waals surface area contributed by atoms with Crippen molar-refractivity contribution < 1.29 is 13.3 Å². The topological polar surface area (TPSA) is 27.7 Å². The van der Waals surface area contributed by atoms with E-state index in [9.17, 15) is 0 Å². The monoisotopic (exact) mass is 310 g/mol. The fourth-order valence-corrected chi connectivity index (χ4v) is 19.2. The zero-order valence-corrected chi connectivity index (χ0v) is 17.1. The fourth-order valence-electron chi connectivity index (χ4n) is 1.80. The van der Waals surface area contributed by atoms with Gasteiger partial charge in [0.15, 0.2) is 16.9 Å². The molecule has 0 radical (unpaired) electrons. The Kier molecular flexibility index (Phi) is 7.69. The van der Waals surface area contributed by atoms with Crippen molar-refractivity contribution in [1.82, 2.24) is 0 Å². The maximum absolute atomic E-state index is 6.43. The third-order valence-corrected chi connectivity index (χ3v) is 21.8. The van der Waals surface area contributed by atoms with Crippen LogP contribution in [0.1, 0.15) is 13.3 Å². The minimum atomic E-state index is -1.84. The summed E-state index contributed by atoms with van der Waals surface area (Å²) in [6.45, 7) is 17.9. The van der Waals surface area contributed by atoms with Crippen molar-refractivity contribution in [3.05, 3.63) is 0 Å². The van der Waals surface area contributed by atoms with E-state index in [0.29, 0.717) is 0 Å². The van der Waals surface area contributed by atoms with Crippen LogP contribution in [0.15, 0.2) is 0 Å². The summed E-state index contributed by atoms with van der Waals surface area (Å²) in [5.74, 6) is 0. The van der Waals surface area contributed by atoms with Crippen molar-refractivity contribution in [2.45, 2.75) is 65.2 Å². The Balaban J connectivity index is 4.75. The minimum Gasteiger partial charge on any atom is -0.458 e. The minimum absolute atomic E-state index is 1.00. The first-order valence-corrected chi connectivity index (χ1v) is 18.8. The first-order valence-electron chi connectivity index (χ1n) is 6.67. The van der Waals surface area contributed by atoms with Gasteiger partial charge in [0.25, 0.3) is 0 Å². The van der Waals surface area contributed by atoms with Crippen molar-refractivity contribution in [3.63, 3.8) is 0 Å². The predicted molar refractivity (Wildman–Crippen MR) is 85.2 cm³/mol. The lowest BCUT2D eigenvalue weighted by atomic mass is 10.6. The van der Waals surface area contributed by atoms with Crippen LogP contribution in [0.25, 0.3) is 0 Å². The van der Waals surface area contributed by atoms with E-state index in [-0.39, 0.29) is 0 Å². The molecule has 0 aromatic carbocycles. The smallest absolute Gasteiger partial charge is 0.248 e. The molecule has 3 nitrogen and oxygen atoms in total. The summed E-state index contributed by atoms with van der Waals surface area (Å²) in [7, 11) is -5.68. The molecular formula is C10H30O3Si4. The van der Waals surface area contributed by atoms with Crippen LogP contribution in [-0.4, -0.2) is 33.8 Å². The Hall–Kier alpha value is 0.748. The Labute approximate surface area is 112 Å². The second kappa shape index (κ2) is 7.36. The van der Waals surface area contributed by atoms with Gasteiger partial charge in [-0.25, -0.2) is 0 Å². The van der Waals surface area contributed by atoms with Crippen LogP contribution in [0.5, 0.6) is 0 Å². The number of rotatable bonds is 8. The van der Waals surface area contributed by atoms with Gasteiger partial charge in [0.05, 0.1) is 0 Å². The number of hydrogen-bond acceptors (Lipinski definition) is 3. The van der Waals surface area contributed by atoms with Crippen LogP contribution in [0.4, 0.5) is 0 Å². The van der Waals surface area contributed by atoms with Gasteiger partial charge < -0.3 is 8.69 Å². The first-order chi connectivity index (χ1) is 7.64. The second-order valence-electron chi connectivity index (χ2n) is 5.89. The summed E-state index contributed by atoms with van der Waals surface area (Å²) in [5.41, 5.74) is 0. The summed E-state index contributed by atoms with van der Waals surface area (Å²) in [4.78, 5) is 0. The molecule has 0 N–H and O–H groups in total. The Morgan fingerprint density at radius 1 is 0.941 bits per heavy atom. The summed E-state index contributed by atoms with van der Waals surface area (Å²) in [5, 5.41) is 0. The molecule has 104 valence electrons. The summed E-state index contributed by atoms with van der Waals surface area (Å²) < 4.78 is 17.8. The van der Waals surface area contributed by atoms with E-state index in [2.05, 4.69) is 52.8 Å². The van der Waals surface area contributed by atoms with E-state index >= 15 is 0 Å². The van der Waals surface area contributed by atoms with Crippen molar-refractivity contribution in [2.75, 3.05) is 0 Å². The lowest BCUT2D eigenvalue weighted by molar-refractivity contribution is -0.113. The van der Waals surface area contributed by atoms with Crippen molar-refractivity contribution in [2.24, 2.45) is 0 Å². The van der Waals surface area contributed by atoms with Gasteiger partial charge in [-0.3, -0.25) is 4.58 Å². The summed E-state index contributed by atoms with van der Waals surface area (Å²) >= 11 is 0. The molecule has 0 fully saturated rings. The first kappa shape index (κ1) is 17.7. The maximum Gasteiger partial charge on any atom is 0.248 e.